The summed E-state index contributed by atoms with van der Waals surface area (Å²) in [5.41, 5.74) is 0.704. The van der Waals surface area contributed by atoms with Gasteiger partial charge in [0.2, 0.25) is 0 Å². The van der Waals surface area contributed by atoms with Crippen LogP contribution in [0.1, 0.15) is 18.4 Å². The van der Waals surface area contributed by atoms with E-state index in [1.165, 1.54) is 12.1 Å². The first-order chi connectivity index (χ1) is 8.48. The number of nitrogens with zero attached hydrogens (tertiary/aromatic N) is 1. The van der Waals surface area contributed by atoms with Crippen molar-refractivity contribution in [1.82, 2.24) is 5.32 Å². The maximum absolute atomic E-state index is 11.4. The number of carbonyl (C=O) groups excluding carboxylic acids is 1. The second-order valence-corrected chi connectivity index (χ2v) is 5.01. The predicted molar refractivity (Wildman–Crippen MR) is 67.4 cm³/mol. The molecule has 0 aromatic heterocycles. The lowest BCUT2D eigenvalue weighted by Crippen LogP contribution is -2.32. The average Bonchev–Trinajstić information content (AvgIpc) is 3.04. The molecule has 0 aliphatic heterocycles. The molecule has 1 saturated carbocycles. The molecular weight excluding hydrogens is 256 g/mol. The van der Waals surface area contributed by atoms with E-state index in [9.17, 15) is 14.9 Å². The quantitative estimate of drug-likeness (QED) is 0.380. The van der Waals surface area contributed by atoms with E-state index in [4.69, 9.17) is 4.74 Å². The molecule has 0 atom stereocenters. The minimum absolute atomic E-state index is 0.00972. The minimum atomic E-state index is -0.527. The normalized spacial score (nSPS) is 15.8. The summed E-state index contributed by atoms with van der Waals surface area (Å²) in [6, 6.07) is 5.85. The Bertz CT molecular complexity index is 470. The summed E-state index contributed by atoms with van der Waals surface area (Å²) < 4.78 is 4.98. The third-order valence-electron chi connectivity index (χ3n) is 2.58. The van der Waals surface area contributed by atoms with E-state index in [1.807, 2.05) is 0 Å². The van der Waals surface area contributed by atoms with Gasteiger partial charge in [0.15, 0.2) is 0 Å². The van der Waals surface area contributed by atoms with Crippen molar-refractivity contribution in [2.75, 3.05) is 0 Å². The molecule has 1 aliphatic carbocycles. The lowest BCUT2D eigenvalue weighted by atomic mass is 10.2. The molecule has 0 spiro atoms. The van der Waals surface area contributed by atoms with Crippen molar-refractivity contribution < 1.29 is 14.5 Å². The molecule has 7 heteroatoms. The molecule has 2 rings (SSSR count). The molecule has 18 heavy (non-hydrogen) atoms. The van der Waals surface area contributed by atoms with E-state index < -0.39 is 15.9 Å². The van der Waals surface area contributed by atoms with Crippen LogP contribution in [0.4, 0.5) is 10.5 Å². The zero-order chi connectivity index (χ0) is 13.2. The topological polar surface area (TPSA) is 81.5 Å². The zero-order valence-electron chi connectivity index (χ0n) is 9.46. The van der Waals surface area contributed by atoms with Crippen molar-refractivity contribution in [2.45, 2.75) is 24.3 Å². The number of nitro groups is 1. The maximum atomic E-state index is 11.4. The number of nitrogens with one attached hydrogen (secondary N) is 1. The van der Waals surface area contributed by atoms with Gasteiger partial charge in [0.05, 0.1) is 9.79 Å². The fourth-order valence-electron chi connectivity index (χ4n) is 1.33. The van der Waals surface area contributed by atoms with Gasteiger partial charge in [0.25, 0.3) is 5.69 Å². The Morgan fingerprint density at radius 2 is 2.06 bits per heavy atom. The second-order valence-electron chi connectivity index (χ2n) is 4.16. The number of non-ortho nitro benzene ring substituents is 1. The summed E-state index contributed by atoms with van der Waals surface area (Å²) in [7, 11) is 0. The van der Waals surface area contributed by atoms with Gasteiger partial charge < -0.3 is 10.1 Å². The van der Waals surface area contributed by atoms with Gasteiger partial charge in [-0.05, 0) is 30.5 Å². The summed E-state index contributed by atoms with van der Waals surface area (Å²) >= 11 is 4.23. The van der Waals surface area contributed by atoms with Crippen LogP contribution in [0, 0.1) is 10.1 Å². The van der Waals surface area contributed by atoms with Crippen LogP contribution in [0.5, 0.6) is 0 Å². The Morgan fingerprint density at radius 3 is 2.56 bits per heavy atom. The van der Waals surface area contributed by atoms with E-state index in [2.05, 4.69) is 17.9 Å². The Kier molecular flexibility index (Phi) is 3.42. The Morgan fingerprint density at radius 1 is 1.44 bits per heavy atom. The summed E-state index contributed by atoms with van der Waals surface area (Å²) in [5, 5.41) is 13.1. The summed E-state index contributed by atoms with van der Waals surface area (Å²) in [4.78, 5) is 20.9. The molecule has 0 saturated heterocycles. The Hall–Kier alpha value is -1.76. The molecule has 0 radical (unpaired) electrons. The molecular formula is C11H12N2O4S. The SMILES string of the molecule is O=C(NC1(S)CC1)OCc1ccc([N+](=O)[O-])cc1. The fourth-order valence-corrected chi connectivity index (χ4v) is 1.54. The molecule has 1 aromatic rings. The van der Waals surface area contributed by atoms with Crippen LogP contribution < -0.4 is 5.32 Å². The van der Waals surface area contributed by atoms with Crippen LogP contribution in [0.2, 0.25) is 0 Å². The lowest BCUT2D eigenvalue weighted by molar-refractivity contribution is -0.384. The van der Waals surface area contributed by atoms with E-state index in [-0.39, 0.29) is 12.3 Å². The van der Waals surface area contributed by atoms with Crippen molar-refractivity contribution in [3.05, 3.63) is 39.9 Å². The third kappa shape index (κ3) is 3.36. The average molecular weight is 268 g/mol. The van der Waals surface area contributed by atoms with Crippen LogP contribution in [0.3, 0.4) is 0 Å². The van der Waals surface area contributed by atoms with Crippen LogP contribution in [-0.4, -0.2) is 15.9 Å². The molecule has 96 valence electrons. The van der Waals surface area contributed by atoms with Crippen LogP contribution in [0.25, 0.3) is 0 Å². The Balaban J connectivity index is 1.82. The van der Waals surface area contributed by atoms with Gasteiger partial charge in [-0.3, -0.25) is 10.1 Å². The largest absolute Gasteiger partial charge is 0.445 e. The monoisotopic (exact) mass is 268 g/mol. The molecule has 1 amide bonds. The number of hydrogen-bond acceptors (Lipinski definition) is 5. The van der Waals surface area contributed by atoms with Crippen molar-refractivity contribution in [2.24, 2.45) is 0 Å². The lowest BCUT2D eigenvalue weighted by Gasteiger charge is -2.11. The van der Waals surface area contributed by atoms with Crippen LogP contribution in [0.15, 0.2) is 24.3 Å². The number of thiol groups is 1. The van der Waals surface area contributed by atoms with Gasteiger partial charge in [0.1, 0.15) is 6.61 Å². The first-order valence-electron chi connectivity index (χ1n) is 5.39. The van der Waals surface area contributed by atoms with Crippen molar-refractivity contribution in [1.29, 1.82) is 0 Å². The standard InChI is InChI=1S/C11H12N2O4S/c14-10(12-11(18)5-6-11)17-7-8-1-3-9(4-2-8)13(15)16/h1-4,18H,5-7H2,(H,12,14). The number of alkyl carbamates (subject to hydrolysis) is 1. The molecule has 6 nitrogen and oxygen atoms in total. The molecule has 1 N–H and O–H groups in total. The number of amides is 1. The first kappa shape index (κ1) is 12.7. The number of nitro benzene ring substituents is 1. The number of ether oxygens (including phenoxy) is 1. The minimum Gasteiger partial charge on any atom is -0.445 e. The van der Waals surface area contributed by atoms with E-state index in [1.54, 1.807) is 12.1 Å². The van der Waals surface area contributed by atoms with Gasteiger partial charge in [-0.1, -0.05) is 0 Å². The van der Waals surface area contributed by atoms with Crippen LogP contribution >= 0.6 is 12.6 Å². The second kappa shape index (κ2) is 4.85. The molecule has 0 heterocycles. The first-order valence-corrected chi connectivity index (χ1v) is 5.84. The number of carbonyl (C=O) groups is 1. The number of rotatable bonds is 4. The number of benzene rings is 1. The van der Waals surface area contributed by atoms with Gasteiger partial charge in [-0.15, -0.1) is 0 Å². The number of hydrogen-bond donors (Lipinski definition) is 2. The summed E-state index contributed by atoms with van der Waals surface area (Å²) in [5.74, 6) is 0. The van der Waals surface area contributed by atoms with E-state index >= 15 is 0 Å². The highest BCUT2D eigenvalue weighted by Crippen LogP contribution is 2.38. The molecule has 1 aliphatic rings. The molecule has 1 fully saturated rings. The summed E-state index contributed by atoms with van der Waals surface area (Å²) in [6.07, 6.45) is 1.15. The van der Waals surface area contributed by atoms with E-state index in [0.29, 0.717) is 5.56 Å². The van der Waals surface area contributed by atoms with Gasteiger partial charge in [-0.2, -0.15) is 12.6 Å². The Labute approximate surface area is 109 Å². The van der Waals surface area contributed by atoms with E-state index in [0.717, 1.165) is 12.8 Å². The van der Waals surface area contributed by atoms with Crippen LogP contribution in [-0.2, 0) is 11.3 Å². The maximum Gasteiger partial charge on any atom is 0.408 e. The smallest absolute Gasteiger partial charge is 0.408 e. The zero-order valence-corrected chi connectivity index (χ0v) is 10.4. The molecule has 1 aromatic carbocycles. The van der Waals surface area contributed by atoms with Gasteiger partial charge >= 0.3 is 6.09 Å². The molecule has 0 unspecified atom stereocenters. The third-order valence-corrected chi connectivity index (χ3v) is 3.13. The highest BCUT2D eigenvalue weighted by atomic mass is 32.1. The fraction of sp³-hybridized carbons (Fsp3) is 0.364. The predicted octanol–water partition coefficient (Wildman–Crippen LogP) is 2.24. The molecule has 0 bridgehead atoms. The van der Waals surface area contributed by atoms with Gasteiger partial charge in [0, 0.05) is 12.1 Å². The van der Waals surface area contributed by atoms with Crippen molar-refractivity contribution >= 4 is 24.4 Å². The summed E-state index contributed by atoms with van der Waals surface area (Å²) in [6.45, 7) is 0.0771. The highest BCUT2D eigenvalue weighted by molar-refractivity contribution is 7.82. The van der Waals surface area contributed by atoms with Gasteiger partial charge in [-0.25, -0.2) is 4.79 Å². The van der Waals surface area contributed by atoms with Crippen molar-refractivity contribution in [3.8, 4) is 0 Å². The van der Waals surface area contributed by atoms with Crippen molar-refractivity contribution in [3.63, 3.8) is 0 Å². The highest BCUT2D eigenvalue weighted by Gasteiger charge is 2.40.